The summed E-state index contributed by atoms with van der Waals surface area (Å²) >= 11 is 3.02. The van der Waals surface area contributed by atoms with Gasteiger partial charge in [-0.05, 0) is 94.8 Å². The number of amides is 2. The maximum Gasteiger partial charge on any atom is 0.274 e. The third kappa shape index (κ3) is 7.87. The zero-order valence-corrected chi connectivity index (χ0v) is 30.6. The van der Waals surface area contributed by atoms with Gasteiger partial charge in [0.15, 0.2) is 15.4 Å². The largest absolute Gasteiger partial charge is 0.412 e. The molecule has 1 aliphatic heterocycles. The lowest BCUT2D eigenvalue weighted by Crippen LogP contribution is -2.46. The first-order valence-corrected chi connectivity index (χ1v) is 18.7. The maximum atomic E-state index is 14.6. The molecule has 0 saturated heterocycles. The summed E-state index contributed by atoms with van der Waals surface area (Å²) in [5.41, 5.74) is 4.45. The summed E-state index contributed by atoms with van der Waals surface area (Å²) in [7, 11) is -1.53. The van der Waals surface area contributed by atoms with Crippen molar-refractivity contribution in [3.63, 3.8) is 0 Å². The van der Waals surface area contributed by atoms with Crippen molar-refractivity contribution in [2.24, 2.45) is 0 Å². The number of halogens is 3. The van der Waals surface area contributed by atoms with Crippen molar-refractivity contribution < 1.29 is 23.5 Å². The van der Waals surface area contributed by atoms with Crippen LogP contribution in [0, 0.1) is 18.6 Å². The summed E-state index contributed by atoms with van der Waals surface area (Å²) in [6, 6.07) is 16.7. The number of fused-ring (bicyclic) bond motifs is 1. The molecule has 1 aromatic heterocycles. The van der Waals surface area contributed by atoms with Crippen LogP contribution < -0.4 is 10.2 Å². The molecule has 8 nitrogen and oxygen atoms in total. The second kappa shape index (κ2) is 16.0. The molecular formula is C36H42BrF2N5O3Si. The Kier molecular flexibility index (Phi) is 11.8. The lowest BCUT2D eigenvalue weighted by Gasteiger charge is -2.36. The number of aliphatic hydroxyl groups is 1. The molecule has 0 bridgehead atoms. The fourth-order valence-corrected chi connectivity index (χ4v) is 7.52. The molecule has 0 fully saturated rings. The zero-order chi connectivity index (χ0) is 34.4. The van der Waals surface area contributed by atoms with Crippen LogP contribution in [0.4, 0.5) is 14.5 Å². The van der Waals surface area contributed by atoms with E-state index in [9.17, 15) is 23.5 Å². The number of aromatic nitrogens is 2. The fourth-order valence-electron chi connectivity index (χ4n) is 6.04. The number of aryl methyl sites for hydroxylation is 1. The molecule has 12 heteroatoms. The van der Waals surface area contributed by atoms with Gasteiger partial charge in [0.1, 0.15) is 11.6 Å². The van der Waals surface area contributed by atoms with Crippen molar-refractivity contribution in [2.45, 2.75) is 65.5 Å². The molecule has 1 atom stereocenters. The monoisotopic (exact) mass is 737 g/mol. The number of hydrogen-bond donors (Lipinski definition) is 2. The Hall–Kier alpha value is -3.87. The van der Waals surface area contributed by atoms with Crippen molar-refractivity contribution in [3.8, 4) is 5.69 Å². The average molecular weight is 739 g/mol. The standard InChI is InChI=1S/C36H42BrF2N5O3Si/c1-4-6-14-42(15-7-5-2)36(47)32-16-23(3)44(40-32)33-13-12-26(41-48-34-20-30(38)29(37)19-31(34)39)18-28(33)35(46)43-21-25-11-9-8-10-24(25)17-27(43)22-45/h8-13,16,18-20,27,41,45H,4-7,14-15,17,21-22,48H2,1-3H3. The summed E-state index contributed by atoms with van der Waals surface area (Å²) in [6.45, 7) is 7.44. The molecule has 1 unspecified atom stereocenters. The molecule has 1 aliphatic rings. The van der Waals surface area contributed by atoms with E-state index in [0.29, 0.717) is 54.4 Å². The number of anilines is 1. The average Bonchev–Trinajstić information content (AvgIpc) is 3.49. The summed E-state index contributed by atoms with van der Waals surface area (Å²) in [6.07, 6.45) is 4.24. The number of carbonyl (C=O) groups excluding carboxylic acids is 2. The van der Waals surface area contributed by atoms with Gasteiger partial charge in [-0.15, -0.1) is 0 Å². The minimum Gasteiger partial charge on any atom is -0.412 e. The van der Waals surface area contributed by atoms with Crippen LogP contribution in [0.1, 0.15) is 77.2 Å². The van der Waals surface area contributed by atoms with E-state index in [2.05, 4.69) is 34.8 Å². The number of benzene rings is 3. The molecule has 4 aromatic rings. The molecule has 2 amide bonds. The maximum absolute atomic E-state index is 14.6. The van der Waals surface area contributed by atoms with Crippen molar-refractivity contribution >= 4 is 48.3 Å². The minimum absolute atomic E-state index is 0.0582. The third-order valence-electron chi connectivity index (χ3n) is 8.81. The van der Waals surface area contributed by atoms with Gasteiger partial charge in [0, 0.05) is 31.0 Å². The lowest BCUT2D eigenvalue weighted by molar-refractivity contribution is 0.0544. The van der Waals surface area contributed by atoms with Gasteiger partial charge >= 0.3 is 0 Å². The molecule has 2 N–H and O–H groups in total. The zero-order valence-electron chi connectivity index (χ0n) is 27.6. The smallest absolute Gasteiger partial charge is 0.274 e. The van der Waals surface area contributed by atoms with Gasteiger partial charge in [-0.25, -0.2) is 13.5 Å². The lowest BCUT2D eigenvalue weighted by atomic mass is 9.93. The first-order valence-electron chi connectivity index (χ1n) is 16.5. The van der Waals surface area contributed by atoms with Crippen molar-refractivity contribution in [1.29, 1.82) is 0 Å². The van der Waals surface area contributed by atoms with Gasteiger partial charge in [0.05, 0.1) is 28.4 Å². The van der Waals surface area contributed by atoms with Crippen molar-refractivity contribution in [1.82, 2.24) is 19.6 Å². The molecule has 0 radical (unpaired) electrons. The molecule has 2 heterocycles. The van der Waals surface area contributed by atoms with Gasteiger partial charge in [-0.1, -0.05) is 51.0 Å². The van der Waals surface area contributed by atoms with E-state index >= 15 is 0 Å². The van der Waals surface area contributed by atoms with Gasteiger partial charge in [0.2, 0.25) is 0 Å². The van der Waals surface area contributed by atoms with E-state index in [1.54, 1.807) is 33.8 Å². The van der Waals surface area contributed by atoms with Gasteiger partial charge < -0.3 is 19.9 Å². The van der Waals surface area contributed by atoms with Crippen LogP contribution in [0.2, 0.25) is 0 Å². The number of nitrogens with one attached hydrogen (secondary N) is 1. The fraction of sp³-hybridized carbons (Fsp3) is 0.361. The number of nitrogens with zero attached hydrogens (tertiary/aromatic N) is 4. The Morgan fingerprint density at radius 1 is 1.02 bits per heavy atom. The van der Waals surface area contributed by atoms with E-state index in [4.69, 9.17) is 5.10 Å². The predicted octanol–water partition coefficient (Wildman–Crippen LogP) is 5.64. The first-order chi connectivity index (χ1) is 23.1. The van der Waals surface area contributed by atoms with Crippen molar-refractivity contribution in [3.05, 3.63) is 105 Å². The highest BCUT2D eigenvalue weighted by molar-refractivity contribution is 9.10. The molecule has 5 rings (SSSR count). The molecular weight excluding hydrogens is 696 g/mol. The summed E-state index contributed by atoms with van der Waals surface area (Å²) < 4.78 is 30.5. The van der Waals surface area contributed by atoms with E-state index < -0.39 is 27.4 Å². The van der Waals surface area contributed by atoms with E-state index in [-0.39, 0.29) is 28.1 Å². The first kappa shape index (κ1) is 35.4. The van der Waals surface area contributed by atoms with E-state index in [1.165, 1.54) is 6.07 Å². The number of hydrogen-bond acceptors (Lipinski definition) is 5. The molecule has 3 aromatic carbocycles. The van der Waals surface area contributed by atoms with Crippen LogP contribution >= 0.6 is 15.9 Å². The molecule has 254 valence electrons. The van der Waals surface area contributed by atoms with Gasteiger partial charge in [-0.3, -0.25) is 9.59 Å². The quantitative estimate of drug-likeness (QED) is 0.137. The number of rotatable bonds is 13. The topological polar surface area (TPSA) is 90.7 Å². The van der Waals surface area contributed by atoms with E-state index in [0.717, 1.165) is 42.9 Å². The van der Waals surface area contributed by atoms with Crippen LogP contribution in [-0.4, -0.2) is 71.9 Å². The molecule has 0 spiro atoms. The second-order valence-electron chi connectivity index (χ2n) is 12.3. The van der Waals surface area contributed by atoms with Crippen LogP contribution in [0.15, 0.2) is 65.1 Å². The highest BCUT2D eigenvalue weighted by atomic mass is 79.9. The van der Waals surface area contributed by atoms with Crippen LogP contribution in [0.5, 0.6) is 0 Å². The number of unbranched alkanes of at least 4 members (excludes halogenated alkanes) is 2. The van der Waals surface area contributed by atoms with Crippen LogP contribution in [0.3, 0.4) is 0 Å². The Bertz CT molecular complexity index is 1780. The highest BCUT2D eigenvalue weighted by Gasteiger charge is 2.32. The third-order valence-corrected chi connectivity index (χ3v) is 10.9. The Balaban J connectivity index is 1.53. The normalized spacial score (nSPS) is 14.4. The summed E-state index contributed by atoms with van der Waals surface area (Å²) in [5.74, 6) is -1.51. The molecule has 0 saturated carbocycles. The SMILES string of the molecule is CCCCN(CCCC)C(=O)c1cc(C)n(-c2ccc(N[SiH2]c3cc(F)c(Br)cc3F)cc2C(=O)N2Cc3ccccc3CC2CO)n1. The van der Waals surface area contributed by atoms with Gasteiger partial charge in [-0.2, -0.15) is 5.10 Å². The van der Waals surface area contributed by atoms with Crippen molar-refractivity contribution in [2.75, 3.05) is 24.7 Å². The Morgan fingerprint density at radius 2 is 1.73 bits per heavy atom. The number of aliphatic hydroxyl groups excluding tert-OH is 1. The van der Waals surface area contributed by atoms with Crippen LogP contribution in [-0.2, 0) is 13.0 Å². The summed E-state index contributed by atoms with van der Waals surface area (Å²) in [5, 5.41) is 15.4. The van der Waals surface area contributed by atoms with Crippen LogP contribution in [0.25, 0.3) is 5.69 Å². The molecule has 48 heavy (non-hydrogen) atoms. The molecule has 0 aliphatic carbocycles. The predicted molar refractivity (Wildman–Crippen MR) is 191 cm³/mol. The Labute approximate surface area is 291 Å². The van der Waals surface area contributed by atoms with Gasteiger partial charge in [0.25, 0.3) is 11.8 Å². The summed E-state index contributed by atoms with van der Waals surface area (Å²) in [4.78, 5) is 34.9. The Morgan fingerprint density at radius 3 is 2.42 bits per heavy atom. The highest BCUT2D eigenvalue weighted by Crippen LogP contribution is 2.29. The van der Waals surface area contributed by atoms with E-state index in [1.807, 2.05) is 36.1 Å². The minimum atomic E-state index is -1.53. The number of carbonyl (C=O) groups is 2. The second-order valence-corrected chi connectivity index (χ2v) is 14.6.